The second-order valence-electron chi connectivity index (χ2n) is 6.64. The van der Waals surface area contributed by atoms with Crippen molar-refractivity contribution in [3.05, 3.63) is 69.8 Å². The minimum absolute atomic E-state index is 0.108. The number of nitrogens with zero attached hydrogens (tertiary/aromatic N) is 2. The van der Waals surface area contributed by atoms with Crippen LogP contribution in [0.2, 0.25) is 10.0 Å². The molecule has 0 fully saturated rings. The summed E-state index contributed by atoms with van der Waals surface area (Å²) in [5, 5.41) is 8.98. The largest absolute Gasteiger partial charge is 0.338 e. The zero-order chi connectivity index (χ0) is 18.3. The fraction of sp³-hybridized carbons (Fsp3) is 0.200. The summed E-state index contributed by atoms with van der Waals surface area (Å²) in [5.41, 5.74) is 3.23. The van der Waals surface area contributed by atoms with E-state index in [0.29, 0.717) is 39.5 Å². The normalized spacial score (nSPS) is 16.4. The average molecular weight is 386 g/mol. The molecule has 2 aromatic carbocycles. The Kier molecular flexibility index (Phi) is 4.47. The van der Waals surface area contributed by atoms with Crippen molar-refractivity contribution in [2.24, 2.45) is 5.92 Å². The summed E-state index contributed by atoms with van der Waals surface area (Å²) in [4.78, 5) is 12.7. The zero-order valence-electron chi connectivity index (χ0n) is 14.2. The van der Waals surface area contributed by atoms with Crippen LogP contribution in [0.25, 0.3) is 5.69 Å². The van der Waals surface area contributed by atoms with Crippen LogP contribution in [-0.4, -0.2) is 15.6 Å². The highest BCUT2D eigenvalue weighted by Gasteiger charge is 2.31. The summed E-state index contributed by atoms with van der Waals surface area (Å²) in [5.74, 6) is 0.943. The van der Waals surface area contributed by atoms with E-state index < -0.39 is 0 Å². The van der Waals surface area contributed by atoms with Crippen LogP contribution in [0.15, 0.2) is 48.5 Å². The molecule has 132 valence electrons. The third-order valence-electron chi connectivity index (χ3n) is 4.46. The minimum atomic E-state index is 0.108. The molecule has 0 aliphatic heterocycles. The SMILES string of the molecule is C[C@@H]1CC(=O)c2c(Nc3cc(Cl)cc(Cl)c3)nn(-c3ccccc3)c2C1. The van der Waals surface area contributed by atoms with Crippen molar-refractivity contribution in [1.29, 1.82) is 0 Å². The number of anilines is 2. The molecule has 0 saturated carbocycles. The van der Waals surface area contributed by atoms with Gasteiger partial charge >= 0.3 is 0 Å². The average Bonchev–Trinajstić information content (AvgIpc) is 2.93. The lowest BCUT2D eigenvalue weighted by atomic mass is 9.87. The highest BCUT2D eigenvalue weighted by Crippen LogP contribution is 2.34. The molecule has 0 saturated heterocycles. The fourth-order valence-corrected chi connectivity index (χ4v) is 3.91. The lowest BCUT2D eigenvalue weighted by molar-refractivity contribution is 0.0953. The molecule has 26 heavy (non-hydrogen) atoms. The maximum atomic E-state index is 12.7. The van der Waals surface area contributed by atoms with E-state index in [-0.39, 0.29) is 5.78 Å². The number of para-hydroxylation sites is 1. The number of benzene rings is 2. The molecule has 1 aliphatic rings. The topological polar surface area (TPSA) is 46.9 Å². The number of aromatic nitrogens is 2. The molecular weight excluding hydrogens is 369 g/mol. The van der Waals surface area contributed by atoms with Crippen LogP contribution in [0.5, 0.6) is 0 Å². The molecule has 0 unspecified atom stereocenters. The number of ketones is 1. The van der Waals surface area contributed by atoms with Crippen LogP contribution in [0.4, 0.5) is 11.5 Å². The molecule has 1 aromatic heterocycles. The number of carbonyl (C=O) groups is 1. The van der Waals surface area contributed by atoms with Crippen molar-refractivity contribution >= 4 is 40.5 Å². The van der Waals surface area contributed by atoms with Gasteiger partial charge in [-0.15, -0.1) is 5.10 Å². The zero-order valence-corrected chi connectivity index (χ0v) is 15.7. The number of carbonyl (C=O) groups excluding carboxylic acids is 1. The van der Waals surface area contributed by atoms with Gasteiger partial charge in [0.1, 0.15) is 0 Å². The molecule has 0 amide bonds. The Morgan fingerprint density at radius 1 is 1.08 bits per heavy atom. The predicted octanol–water partition coefficient (Wildman–Crippen LogP) is 5.69. The molecule has 4 nitrogen and oxygen atoms in total. The number of nitrogens with one attached hydrogen (secondary N) is 1. The highest BCUT2D eigenvalue weighted by atomic mass is 35.5. The molecule has 1 atom stereocenters. The smallest absolute Gasteiger partial charge is 0.168 e. The van der Waals surface area contributed by atoms with Gasteiger partial charge in [-0.2, -0.15) is 0 Å². The van der Waals surface area contributed by atoms with Gasteiger partial charge in [0, 0.05) is 22.2 Å². The first kappa shape index (κ1) is 17.1. The number of hydrogen-bond acceptors (Lipinski definition) is 3. The first-order chi connectivity index (χ1) is 12.5. The third kappa shape index (κ3) is 3.22. The molecule has 3 aromatic rings. The van der Waals surface area contributed by atoms with Crippen LogP contribution in [-0.2, 0) is 6.42 Å². The monoisotopic (exact) mass is 385 g/mol. The molecule has 0 spiro atoms. The second kappa shape index (κ2) is 6.78. The molecule has 1 N–H and O–H groups in total. The van der Waals surface area contributed by atoms with Crippen LogP contribution < -0.4 is 5.32 Å². The van der Waals surface area contributed by atoms with E-state index in [1.165, 1.54) is 0 Å². The molecule has 1 heterocycles. The van der Waals surface area contributed by atoms with Gasteiger partial charge in [-0.25, -0.2) is 4.68 Å². The lowest BCUT2D eigenvalue weighted by Crippen LogP contribution is -2.19. The maximum absolute atomic E-state index is 12.7. The molecule has 0 bridgehead atoms. The standard InChI is InChI=1S/C20H17Cl2N3O/c1-12-7-17-19(18(26)8-12)20(23-15-10-13(21)9-14(22)11-15)24-25(17)16-5-3-2-4-6-16/h2-6,9-12H,7-8H2,1H3,(H,23,24)/t12-/m0/s1. The Bertz CT molecular complexity index is 962. The van der Waals surface area contributed by atoms with E-state index in [1.54, 1.807) is 18.2 Å². The van der Waals surface area contributed by atoms with Gasteiger partial charge in [0.15, 0.2) is 11.6 Å². The summed E-state index contributed by atoms with van der Waals surface area (Å²) < 4.78 is 1.86. The van der Waals surface area contributed by atoms with Gasteiger partial charge in [-0.05, 0) is 42.7 Å². The first-order valence-corrected chi connectivity index (χ1v) is 9.20. The third-order valence-corrected chi connectivity index (χ3v) is 4.90. The van der Waals surface area contributed by atoms with Gasteiger partial charge in [-0.1, -0.05) is 48.3 Å². The lowest BCUT2D eigenvalue weighted by Gasteiger charge is -2.19. The maximum Gasteiger partial charge on any atom is 0.168 e. The molecule has 0 radical (unpaired) electrons. The molecule has 4 rings (SSSR count). The first-order valence-electron chi connectivity index (χ1n) is 8.45. The van der Waals surface area contributed by atoms with E-state index in [0.717, 1.165) is 17.8 Å². The molecule has 1 aliphatic carbocycles. The summed E-state index contributed by atoms with van der Waals surface area (Å²) in [7, 11) is 0. The second-order valence-corrected chi connectivity index (χ2v) is 7.51. The van der Waals surface area contributed by atoms with E-state index in [4.69, 9.17) is 28.3 Å². The van der Waals surface area contributed by atoms with Gasteiger partial charge in [0.25, 0.3) is 0 Å². The Morgan fingerprint density at radius 3 is 2.46 bits per heavy atom. The summed E-state index contributed by atoms with van der Waals surface area (Å²) >= 11 is 12.2. The van der Waals surface area contributed by atoms with Gasteiger partial charge in [0.2, 0.25) is 0 Å². The fourth-order valence-electron chi connectivity index (χ4n) is 3.39. The van der Waals surface area contributed by atoms with Crippen molar-refractivity contribution < 1.29 is 4.79 Å². The Hall–Kier alpha value is -2.30. The quantitative estimate of drug-likeness (QED) is 0.629. The Morgan fingerprint density at radius 2 is 1.77 bits per heavy atom. The van der Waals surface area contributed by atoms with Crippen LogP contribution in [0.3, 0.4) is 0 Å². The van der Waals surface area contributed by atoms with Crippen LogP contribution >= 0.6 is 23.2 Å². The summed E-state index contributed by atoms with van der Waals surface area (Å²) in [6.45, 7) is 2.09. The summed E-state index contributed by atoms with van der Waals surface area (Å²) in [6.07, 6.45) is 1.33. The van der Waals surface area contributed by atoms with Crippen molar-refractivity contribution in [3.8, 4) is 5.69 Å². The van der Waals surface area contributed by atoms with Crippen molar-refractivity contribution in [2.75, 3.05) is 5.32 Å². The van der Waals surface area contributed by atoms with Crippen LogP contribution in [0, 0.1) is 5.92 Å². The van der Waals surface area contributed by atoms with Crippen molar-refractivity contribution in [3.63, 3.8) is 0 Å². The Labute approximate surface area is 161 Å². The number of hydrogen-bond donors (Lipinski definition) is 1. The Balaban J connectivity index is 1.83. The summed E-state index contributed by atoms with van der Waals surface area (Å²) in [6, 6.07) is 15.0. The number of halogens is 2. The molecular formula is C20H17Cl2N3O. The molecule has 6 heteroatoms. The number of Topliss-reactive ketones (excluding diaryl/α,β-unsaturated/α-hetero) is 1. The predicted molar refractivity (Wildman–Crippen MR) is 105 cm³/mol. The van der Waals surface area contributed by atoms with Crippen molar-refractivity contribution in [2.45, 2.75) is 19.8 Å². The van der Waals surface area contributed by atoms with Gasteiger partial charge in [0.05, 0.1) is 16.9 Å². The van der Waals surface area contributed by atoms with E-state index in [1.807, 2.05) is 35.0 Å². The minimum Gasteiger partial charge on any atom is -0.338 e. The van der Waals surface area contributed by atoms with E-state index in [9.17, 15) is 4.79 Å². The van der Waals surface area contributed by atoms with Gasteiger partial charge in [-0.3, -0.25) is 4.79 Å². The van der Waals surface area contributed by atoms with E-state index >= 15 is 0 Å². The van der Waals surface area contributed by atoms with E-state index in [2.05, 4.69) is 12.2 Å². The highest BCUT2D eigenvalue weighted by molar-refractivity contribution is 6.35. The van der Waals surface area contributed by atoms with Gasteiger partial charge < -0.3 is 5.32 Å². The van der Waals surface area contributed by atoms with Crippen molar-refractivity contribution in [1.82, 2.24) is 9.78 Å². The van der Waals surface area contributed by atoms with Crippen LogP contribution in [0.1, 0.15) is 29.4 Å². The number of rotatable bonds is 3. The number of fused-ring (bicyclic) bond motifs is 1.